The molecule has 1 aliphatic rings. The molecule has 0 aromatic rings. The van der Waals surface area contributed by atoms with Crippen LogP contribution in [0.15, 0.2) is 0 Å². The number of hydrogen-bond acceptors (Lipinski definition) is 5. The van der Waals surface area contributed by atoms with Gasteiger partial charge in [0.2, 0.25) is 0 Å². The highest BCUT2D eigenvalue weighted by Crippen LogP contribution is 2.17. The van der Waals surface area contributed by atoms with Gasteiger partial charge in [0, 0.05) is 25.4 Å². The van der Waals surface area contributed by atoms with Crippen molar-refractivity contribution in [2.24, 2.45) is 0 Å². The van der Waals surface area contributed by atoms with E-state index in [1.54, 1.807) is 11.8 Å². The molecule has 0 radical (unpaired) electrons. The summed E-state index contributed by atoms with van der Waals surface area (Å²) in [6.45, 7) is 0.127. The third-order valence-electron chi connectivity index (χ3n) is 2.74. The topological polar surface area (TPSA) is 75.7 Å². The molecule has 1 heterocycles. The van der Waals surface area contributed by atoms with Crippen LogP contribution in [0, 0.1) is 0 Å². The Morgan fingerprint density at radius 2 is 2.28 bits per heavy atom. The van der Waals surface area contributed by atoms with E-state index in [2.05, 4.69) is 9.46 Å². The molecule has 1 fully saturated rings. The van der Waals surface area contributed by atoms with Crippen molar-refractivity contribution in [1.82, 2.24) is 9.03 Å². The maximum Gasteiger partial charge on any atom is 0.306 e. The molecule has 1 aliphatic heterocycles. The molecule has 0 bridgehead atoms. The second-order valence-electron chi connectivity index (χ2n) is 4.18. The van der Waals surface area contributed by atoms with Crippen LogP contribution in [0.2, 0.25) is 0 Å². The minimum Gasteiger partial charge on any atom is -0.469 e. The van der Waals surface area contributed by atoms with Crippen molar-refractivity contribution < 1.29 is 17.9 Å². The lowest BCUT2D eigenvalue weighted by Gasteiger charge is -2.25. The fraction of sp³-hybridized carbons (Fsp3) is 0.900. The average Bonchev–Trinajstić information content (AvgIpc) is 2.36. The first-order chi connectivity index (χ1) is 8.45. The Hall–Kier alpha value is -0.310. The summed E-state index contributed by atoms with van der Waals surface area (Å²) in [7, 11) is -0.756. The van der Waals surface area contributed by atoms with E-state index in [4.69, 9.17) is 0 Å². The molecule has 1 atom stereocenters. The Balaban J connectivity index is 2.43. The summed E-state index contributed by atoms with van der Waals surface area (Å²) in [5.74, 6) is 1.49. The van der Waals surface area contributed by atoms with Crippen LogP contribution in [-0.4, -0.2) is 56.9 Å². The zero-order chi connectivity index (χ0) is 13.6. The molecule has 1 N–H and O–H groups in total. The zero-order valence-electron chi connectivity index (χ0n) is 10.7. The number of rotatable bonds is 6. The molecule has 1 unspecified atom stereocenters. The molecular formula is C10H20N2O4S2. The van der Waals surface area contributed by atoms with Gasteiger partial charge in [-0.25, -0.2) is 0 Å². The van der Waals surface area contributed by atoms with Crippen LogP contribution in [0.5, 0.6) is 0 Å². The number of nitrogens with one attached hydrogen (secondary N) is 1. The highest BCUT2D eigenvalue weighted by atomic mass is 32.2. The molecular weight excluding hydrogens is 276 g/mol. The maximum absolute atomic E-state index is 12.0. The lowest BCUT2D eigenvalue weighted by molar-refractivity contribution is -0.140. The quantitative estimate of drug-likeness (QED) is 0.709. The van der Waals surface area contributed by atoms with Crippen LogP contribution >= 0.6 is 11.8 Å². The predicted molar refractivity (Wildman–Crippen MR) is 71.7 cm³/mol. The number of esters is 1. The van der Waals surface area contributed by atoms with Gasteiger partial charge < -0.3 is 4.74 Å². The maximum atomic E-state index is 12.0. The van der Waals surface area contributed by atoms with Crippen molar-refractivity contribution in [3.63, 3.8) is 0 Å². The van der Waals surface area contributed by atoms with Gasteiger partial charge in [0.1, 0.15) is 0 Å². The molecule has 0 spiro atoms. The van der Waals surface area contributed by atoms with Crippen molar-refractivity contribution in [2.45, 2.75) is 25.3 Å². The SMILES string of the molecule is COC(=O)CCN(C)S(=O)(=O)NC1CCCSC1. The largest absolute Gasteiger partial charge is 0.469 e. The van der Waals surface area contributed by atoms with Gasteiger partial charge in [0.25, 0.3) is 10.2 Å². The van der Waals surface area contributed by atoms with Gasteiger partial charge in [-0.1, -0.05) is 0 Å². The van der Waals surface area contributed by atoms with Crippen LogP contribution in [0.25, 0.3) is 0 Å². The van der Waals surface area contributed by atoms with E-state index in [0.29, 0.717) is 0 Å². The minimum atomic E-state index is -3.50. The van der Waals surface area contributed by atoms with E-state index >= 15 is 0 Å². The molecule has 106 valence electrons. The van der Waals surface area contributed by atoms with Gasteiger partial charge in [0.15, 0.2) is 0 Å². The molecule has 0 aromatic carbocycles. The van der Waals surface area contributed by atoms with Crippen LogP contribution in [0.3, 0.4) is 0 Å². The summed E-state index contributed by atoms with van der Waals surface area (Å²) in [5.41, 5.74) is 0. The standard InChI is InChI=1S/C10H20N2O4S2/c1-12(6-5-10(13)16-2)18(14,15)11-9-4-3-7-17-8-9/h9,11H,3-8H2,1-2H3. The van der Waals surface area contributed by atoms with Crippen LogP contribution in [0.4, 0.5) is 0 Å². The number of nitrogens with zero attached hydrogens (tertiary/aromatic N) is 1. The van der Waals surface area contributed by atoms with E-state index in [-0.39, 0.29) is 19.0 Å². The Labute approximate surface area is 113 Å². The normalized spacial score (nSPS) is 20.9. The van der Waals surface area contributed by atoms with E-state index in [1.165, 1.54) is 14.2 Å². The molecule has 1 saturated heterocycles. The van der Waals surface area contributed by atoms with E-state index in [9.17, 15) is 13.2 Å². The van der Waals surface area contributed by atoms with Crippen molar-refractivity contribution in [3.05, 3.63) is 0 Å². The smallest absolute Gasteiger partial charge is 0.306 e. The number of carbonyl (C=O) groups is 1. The summed E-state index contributed by atoms with van der Waals surface area (Å²) >= 11 is 1.76. The highest BCUT2D eigenvalue weighted by molar-refractivity contribution is 7.99. The van der Waals surface area contributed by atoms with E-state index in [1.807, 2.05) is 0 Å². The van der Waals surface area contributed by atoms with E-state index in [0.717, 1.165) is 28.7 Å². The molecule has 6 nitrogen and oxygen atoms in total. The third-order valence-corrected chi connectivity index (χ3v) is 5.59. The number of thioether (sulfide) groups is 1. The summed E-state index contributed by atoms with van der Waals surface area (Å²) in [5, 5.41) is 0. The number of hydrogen-bond donors (Lipinski definition) is 1. The molecule has 18 heavy (non-hydrogen) atoms. The van der Waals surface area contributed by atoms with Crippen molar-refractivity contribution >= 4 is 27.9 Å². The van der Waals surface area contributed by atoms with Gasteiger partial charge in [-0.3, -0.25) is 4.79 Å². The van der Waals surface area contributed by atoms with Crippen molar-refractivity contribution in [1.29, 1.82) is 0 Å². The van der Waals surface area contributed by atoms with Gasteiger partial charge in [0.05, 0.1) is 13.5 Å². The molecule has 8 heteroatoms. The Kier molecular flexibility index (Phi) is 6.40. The summed E-state index contributed by atoms with van der Waals surface area (Å²) in [4.78, 5) is 11.0. The second kappa shape index (κ2) is 7.32. The number of methoxy groups -OCH3 is 1. The average molecular weight is 296 g/mol. The summed E-state index contributed by atoms with van der Waals surface area (Å²) < 4.78 is 32.2. The predicted octanol–water partition coefficient (Wildman–Crippen LogP) is 0.211. The first-order valence-corrected chi connectivity index (χ1v) is 8.43. The molecule has 0 amide bonds. The molecule has 0 aliphatic carbocycles. The first-order valence-electron chi connectivity index (χ1n) is 5.84. The lowest BCUT2D eigenvalue weighted by atomic mass is 10.2. The van der Waals surface area contributed by atoms with Gasteiger partial charge in [-0.2, -0.15) is 29.2 Å². The van der Waals surface area contributed by atoms with Gasteiger partial charge >= 0.3 is 5.97 Å². The monoisotopic (exact) mass is 296 g/mol. The summed E-state index contributed by atoms with van der Waals surface area (Å²) in [6.07, 6.45) is 1.97. The van der Waals surface area contributed by atoms with Crippen molar-refractivity contribution in [3.8, 4) is 0 Å². The number of ether oxygens (including phenoxy) is 1. The van der Waals surface area contributed by atoms with Crippen LogP contribution in [0.1, 0.15) is 19.3 Å². The fourth-order valence-electron chi connectivity index (χ4n) is 1.61. The Morgan fingerprint density at radius 3 is 2.83 bits per heavy atom. The van der Waals surface area contributed by atoms with Crippen LogP contribution < -0.4 is 4.72 Å². The number of carbonyl (C=O) groups excluding carboxylic acids is 1. The third kappa shape index (κ3) is 5.13. The first kappa shape index (κ1) is 15.7. The molecule has 0 aromatic heterocycles. The minimum absolute atomic E-state index is 0.00525. The van der Waals surface area contributed by atoms with Crippen LogP contribution in [-0.2, 0) is 19.7 Å². The lowest BCUT2D eigenvalue weighted by Crippen LogP contribution is -2.46. The van der Waals surface area contributed by atoms with Gasteiger partial charge in [-0.05, 0) is 18.6 Å². The zero-order valence-corrected chi connectivity index (χ0v) is 12.3. The van der Waals surface area contributed by atoms with Gasteiger partial charge in [-0.15, -0.1) is 0 Å². The Morgan fingerprint density at radius 1 is 1.56 bits per heavy atom. The summed E-state index contributed by atoms with van der Waals surface area (Å²) in [6, 6.07) is -0.00525. The Bertz CT molecular complexity index is 366. The fourth-order valence-corrected chi connectivity index (χ4v) is 3.92. The highest BCUT2D eigenvalue weighted by Gasteiger charge is 2.24. The molecule has 1 rings (SSSR count). The van der Waals surface area contributed by atoms with E-state index < -0.39 is 16.2 Å². The molecule has 0 saturated carbocycles. The second-order valence-corrected chi connectivity index (χ2v) is 7.14. The van der Waals surface area contributed by atoms with Crippen molar-refractivity contribution in [2.75, 3.05) is 32.2 Å².